The van der Waals surface area contributed by atoms with Crippen LogP contribution in [0.4, 0.5) is 4.39 Å². The third-order valence-electron chi connectivity index (χ3n) is 3.95. The van der Waals surface area contributed by atoms with Gasteiger partial charge in [0.2, 0.25) is 0 Å². The molecule has 1 atom stereocenters. The fourth-order valence-corrected chi connectivity index (χ4v) is 3.97. The average Bonchev–Trinajstić information content (AvgIpc) is 3.10. The molecule has 1 heterocycles. The van der Waals surface area contributed by atoms with E-state index in [9.17, 15) is 9.18 Å². The fourth-order valence-electron chi connectivity index (χ4n) is 2.71. The van der Waals surface area contributed by atoms with Crippen LogP contribution in [0, 0.1) is 5.82 Å². The monoisotopic (exact) mass is 347 g/mol. The highest BCUT2D eigenvalue weighted by Gasteiger charge is 2.32. The molecule has 0 unspecified atom stereocenters. The second-order valence-corrected chi connectivity index (χ2v) is 6.53. The number of rotatable bonds is 4. The van der Waals surface area contributed by atoms with Crippen molar-refractivity contribution in [3.05, 3.63) is 59.4 Å². The van der Waals surface area contributed by atoms with Crippen LogP contribution in [0.1, 0.15) is 21.3 Å². The van der Waals surface area contributed by atoms with E-state index in [-0.39, 0.29) is 17.1 Å². The summed E-state index contributed by atoms with van der Waals surface area (Å²) in [5.41, 5.74) is 1.41. The summed E-state index contributed by atoms with van der Waals surface area (Å²) in [4.78, 5) is 14.8. The maximum atomic E-state index is 13.1. The van der Waals surface area contributed by atoms with Crippen LogP contribution < -0.4 is 9.47 Å². The molecular weight excluding hydrogens is 329 g/mol. The topological polar surface area (TPSA) is 38.8 Å². The molecule has 24 heavy (non-hydrogen) atoms. The summed E-state index contributed by atoms with van der Waals surface area (Å²) in [6.45, 7) is 0.640. The molecule has 0 aromatic heterocycles. The second-order valence-electron chi connectivity index (χ2n) is 5.34. The van der Waals surface area contributed by atoms with Gasteiger partial charge >= 0.3 is 0 Å². The van der Waals surface area contributed by atoms with Crippen LogP contribution in [0.5, 0.6) is 11.5 Å². The number of amides is 1. The molecule has 0 saturated carbocycles. The Kier molecular flexibility index (Phi) is 4.94. The average molecular weight is 347 g/mol. The van der Waals surface area contributed by atoms with Gasteiger partial charge in [0.25, 0.3) is 5.91 Å². The third-order valence-corrected chi connectivity index (χ3v) is 5.21. The van der Waals surface area contributed by atoms with E-state index in [0.717, 1.165) is 11.3 Å². The molecule has 1 fully saturated rings. The SMILES string of the molecule is COc1ccc(C(=O)N2CCS[C@H]2c2ccc(F)cc2)c(OC)c1. The summed E-state index contributed by atoms with van der Waals surface area (Å²) in [6.07, 6.45) is 0. The van der Waals surface area contributed by atoms with Gasteiger partial charge in [-0.2, -0.15) is 0 Å². The normalized spacial score (nSPS) is 17.0. The van der Waals surface area contributed by atoms with Gasteiger partial charge in [-0.25, -0.2) is 4.39 Å². The second kappa shape index (κ2) is 7.13. The Balaban J connectivity index is 1.90. The maximum Gasteiger partial charge on any atom is 0.258 e. The zero-order valence-corrected chi connectivity index (χ0v) is 14.3. The number of thioether (sulfide) groups is 1. The molecule has 0 radical (unpaired) electrons. The molecule has 2 aromatic carbocycles. The predicted octanol–water partition coefficient (Wildman–Crippen LogP) is 3.73. The Morgan fingerprint density at radius 1 is 1.17 bits per heavy atom. The number of halogens is 1. The Morgan fingerprint density at radius 2 is 1.92 bits per heavy atom. The smallest absolute Gasteiger partial charge is 0.258 e. The lowest BCUT2D eigenvalue weighted by molar-refractivity contribution is 0.0757. The molecule has 126 valence electrons. The van der Waals surface area contributed by atoms with Gasteiger partial charge in [-0.1, -0.05) is 12.1 Å². The van der Waals surface area contributed by atoms with Crippen molar-refractivity contribution in [3.63, 3.8) is 0 Å². The fraction of sp³-hybridized carbons (Fsp3) is 0.278. The first-order valence-corrected chi connectivity index (χ1v) is 8.59. The summed E-state index contributed by atoms with van der Waals surface area (Å²) in [5, 5.41) is -0.120. The third kappa shape index (κ3) is 3.19. The van der Waals surface area contributed by atoms with Crippen LogP contribution in [-0.4, -0.2) is 37.3 Å². The molecule has 0 aliphatic carbocycles. The lowest BCUT2D eigenvalue weighted by Gasteiger charge is -2.25. The Labute approximate surface area is 144 Å². The molecule has 1 amide bonds. The number of benzene rings is 2. The standard InChI is InChI=1S/C18H18FNO3S/c1-22-14-7-8-15(16(11-14)23-2)17(21)20-9-10-24-18(20)12-3-5-13(19)6-4-12/h3-8,11,18H,9-10H2,1-2H3/t18-/m0/s1. The van der Waals surface area contributed by atoms with Crippen molar-refractivity contribution >= 4 is 17.7 Å². The molecule has 0 spiro atoms. The zero-order chi connectivity index (χ0) is 17.1. The van der Waals surface area contributed by atoms with Crippen molar-refractivity contribution in [2.24, 2.45) is 0 Å². The summed E-state index contributed by atoms with van der Waals surface area (Å²) in [5.74, 6) is 1.57. The Bertz CT molecular complexity index is 736. The highest BCUT2D eigenvalue weighted by molar-refractivity contribution is 7.99. The number of carbonyl (C=O) groups is 1. The van der Waals surface area contributed by atoms with Crippen molar-refractivity contribution in [2.45, 2.75) is 5.37 Å². The van der Waals surface area contributed by atoms with E-state index in [2.05, 4.69) is 0 Å². The molecule has 1 aliphatic heterocycles. The number of carbonyl (C=O) groups excluding carboxylic acids is 1. The molecule has 3 rings (SSSR count). The van der Waals surface area contributed by atoms with Crippen LogP contribution in [-0.2, 0) is 0 Å². The first kappa shape index (κ1) is 16.6. The minimum absolute atomic E-state index is 0.103. The molecule has 1 saturated heterocycles. The first-order valence-electron chi connectivity index (χ1n) is 7.54. The summed E-state index contributed by atoms with van der Waals surface area (Å²) in [6, 6.07) is 11.4. The lowest BCUT2D eigenvalue weighted by Crippen LogP contribution is -2.30. The summed E-state index contributed by atoms with van der Waals surface area (Å²) < 4.78 is 23.7. The molecule has 0 N–H and O–H groups in total. The molecule has 1 aliphatic rings. The van der Waals surface area contributed by atoms with Crippen LogP contribution >= 0.6 is 11.8 Å². The first-order chi connectivity index (χ1) is 11.6. The molecule has 6 heteroatoms. The van der Waals surface area contributed by atoms with E-state index in [1.807, 2.05) is 0 Å². The van der Waals surface area contributed by atoms with Crippen LogP contribution in [0.2, 0.25) is 0 Å². The highest BCUT2D eigenvalue weighted by Crippen LogP contribution is 2.39. The molecule has 2 aromatic rings. The van der Waals surface area contributed by atoms with Crippen LogP contribution in [0.25, 0.3) is 0 Å². The largest absolute Gasteiger partial charge is 0.497 e. The van der Waals surface area contributed by atoms with Gasteiger partial charge in [-0.15, -0.1) is 11.8 Å². The van der Waals surface area contributed by atoms with E-state index in [0.29, 0.717) is 23.6 Å². The number of hydrogen-bond donors (Lipinski definition) is 0. The van der Waals surface area contributed by atoms with Gasteiger partial charge in [-0.05, 0) is 29.8 Å². The lowest BCUT2D eigenvalue weighted by atomic mass is 10.1. The van der Waals surface area contributed by atoms with Crippen molar-refractivity contribution in [1.82, 2.24) is 4.90 Å². The zero-order valence-electron chi connectivity index (χ0n) is 13.5. The summed E-state index contributed by atoms with van der Waals surface area (Å²) in [7, 11) is 3.10. The van der Waals surface area contributed by atoms with Gasteiger partial charge in [0.15, 0.2) is 0 Å². The van der Waals surface area contributed by atoms with Gasteiger partial charge < -0.3 is 14.4 Å². The van der Waals surface area contributed by atoms with Crippen molar-refractivity contribution in [3.8, 4) is 11.5 Å². The number of methoxy groups -OCH3 is 2. The van der Waals surface area contributed by atoms with Crippen LogP contribution in [0.3, 0.4) is 0 Å². The number of ether oxygens (including phenoxy) is 2. The Hall–Kier alpha value is -2.21. The quantitative estimate of drug-likeness (QED) is 0.845. The minimum atomic E-state index is -0.281. The number of hydrogen-bond acceptors (Lipinski definition) is 4. The van der Waals surface area contributed by atoms with Crippen molar-refractivity contribution < 1.29 is 18.7 Å². The number of nitrogens with zero attached hydrogens (tertiary/aromatic N) is 1. The van der Waals surface area contributed by atoms with Crippen molar-refractivity contribution in [1.29, 1.82) is 0 Å². The summed E-state index contributed by atoms with van der Waals surface area (Å²) >= 11 is 1.67. The van der Waals surface area contributed by atoms with E-state index in [1.54, 1.807) is 54.1 Å². The molecule has 0 bridgehead atoms. The Morgan fingerprint density at radius 3 is 2.58 bits per heavy atom. The molecule has 4 nitrogen and oxygen atoms in total. The van der Waals surface area contributed by atoms with Crippen molar-refractivity contribution in [2.75, 3.05) is 26.5 Å². The predicted molar refractivity (Wildman–Crippen MR) is 92.2 cm³/mol. The minimum Gasteiger partial charge on any atom is -0.497 e. The van der Waals surface area contributed by atoms with Gasteiger partial charge in [0, 0.05) is 18.4 Å². The van der Waals surface area contributed by atoms with E-state index >= 15 is 0 Å². The maximum absolute atomic E-state index is 13.1. The van der Waals surface area contributed by atoms with E-state index in [4.69, 9.17) is 9.47 Å². The van der Waals surface area contributed by atoms with Gasteiger partial charge in [-0.3, -0.25) is 4.79 Å². The van der Waals surface area contributed by atoms with E-state index in [1.165, 1.54) is 19.2 Å². The van der Waals surface area contributed by atoms with E-state index < -0.39 is 0 Å². The van der Waals surface area contributed by atoms with Gasteiger partial charge in [0.05, 0.1) is 19.8 Å². The highest BCUT2D eigenvalue weighted by atomic mass is 32.2. The van der Waals surface area contributed by atoms with Crippen LogP contribution in [0.15, 0.2) is 42.5 Å². The van der Waals surface area contributed by atoms with Gasteiger partial charge in [0.1, 0.15) is 22.7 Å². The molecular formula is C18H18FNO3S.